The Bertz CT molecular complexity index is 1370. The monoisotopic (exact) mass is 499 g/mol. The van der Waals surface area contributed by atoms with Crippen LogP contribution in [0.4, 0.5) is 10.6 Å². The van der Waals surface area contributed by atoms with Crippen molar-refractivity contribution in [3.05, 3.63) is 70.0 Å². The van der Waals surface area contributed by atoms with Gasteiger partial charge in [-0.05, 0) is 52.7 Å². The summed E-state index contributed by atoms with van der Waals surface area (Å²) in [6.45, 7) is 8.69. The first kappa shape index (κ1) is 26.0. The minimum absolute atomic E-state index is 0.0280. The third-order valence-electron chi connectivity index (χ3n) is 6.40. The van der Waals surface area contributed by atoms with Crippen molar-refractivity contribution < 1.29 is 9.53 Å². The lowest BCUT2D eigenvalue weighted by molar-refractivity contribution is 0.0497. The Morgan fingerprint density at radius 3 is 2.22 bits per heavy atom. The first-order valence-corrected chi connectivity index (χ1v) is 12.5. The van der Waals surface area contributed by atoms with Gasteiger partial charge >= 0.3 is 6.09 Å². The molecule has 37 heavy (non-hydrogen) atoms. The van der Waals surface area contributed by atoms with Gasteiger partial charge in [0.25, 0.3) is 5.56 Å². The van der Waals surface area contributed by atoms with E-state index in [1.165, 1.54) is 0 Å². The van der Waals surface area contributed by atoms with Gasteiger partial charge in [0.2, 0.25) is 0 Å². The van der Waals surface area contributed by atoms with Crippen molar-refractivity contribution in [2.24, 2.45) is 7.05 Å². The highest BCUT2D eigenvalue weighted by molar-refractivity contribution is 5.79. The molecular formula is C29H33N5O3. The Labute approximate surface area is 217 Å². The molecule has 2 heterocycles. The number of aryl methyl sites for hydroxylation is 1. The third-order valence-corrected chi connectivity index (χ3v) is 6.40. The van der Waals surface area contributed by atoms with E-state index in [1.54, 1.807) is 23.7 Å². The Balaban J connectivity index is 1.67. The second-order valence-corrected chi connectivity index (χ2v) is 10.5. The molecule has 0 spiro atoms. The summed E-state index contributed by atoms with van der Waals surface area (Å²) in [7, 11) is 1.77. The Kier molecular flexibility index (Phi) is 7.35. The number of piperidine rings is 1. The van der Waals surface area contributed by atoms with Crippen LogP contribution in [0.5, 0.6) is 0 Å². The van der Waals surface area contributed by atoms with Gasteiger partial charge in [0.1, 0.15) is 5.60 Å². The van der Waals surface area contributed by atoms with Gasteiger partial charge in [-0.15, -0.1) is 0 Å². The SMILES string of the molecule is Cc1ccc(-c2c(-c3ccc(C#N)cc3)nc(N3CCC(NC(=O)OC(C)(C)C)CC3)c(=O)n2C)cc1. The number of nitrogens with zero attached hydrogens (tertiary/aromatic N) is 4. The molecule has 0 radical (unpaired) electrons. The topological polar surface area (TPSA) is 100 Å². The number of rotatable bonds is 4. The number of anilines is 1. The van der Waals surface area contributed by atoms with E-state index in [1.807, 2.05) is 69.0 Å². The summed E-state index contributed by atoms with van der Waals surface area (Å²) < 4.78 is 7.04. The van der Waals surface area contributed by atoms with Gasteiger partial charge in [0.05, 0.1) is 23.0 Å². The van der Waals surface area contributed by atoms with Crippen LogP contribution in [-0.2, 0) is 11.8 Å². The van der Waals surface area contributed by atoms with Crippen LogP contribution in [0, 0.1) is 18.3 Å². The molecule has 0 saturated carbocycles. The normalized spacial score (nSPS) is 14.2. The van der Waals surface area contributed by atoms with Gasteiger partial charge in [0.15, 0.2) is 5.82 Å². The molecule has 0 atom stereocenters. The van der Waals surface area contributed by atoms with Crippen molar-refractivity contribution in [2.75, 3.05) is 18.0 Å². The molecule has 1 aliphatic rings. The van der Waals surface area contributed by atoms with Crippen molar-refractivity contribution in [3.63, 3.8) is 0 Å². The average molecular weight is 500 g/mol. The van der Waals surface area contributed by atoms with E-state index in [9.17, 15) is 14.9 Å². The Hall–Kier alpha value is -4.12. The van der Waals surface area contributed by atoms with E-state index in [-0.39, 0.29) is 11.6 Å². The number of carbonyl (C=O) groups excluding carboxylic acids is 1. The standard InChI is InChI=1S/C29H33N5O3/c1-19-6-10-22(11-7-19)25-24(21-12-8-20(18-30)9-13-21)32-26(27(35)33(25)5)34-16-14-23(15-17-34)31-28(36)37-29(2,3)4/h6-13,23H,14-17H2,1-5H3,(H,31,36). The number of nitrogens with one attached hydrogen (secondary N) is 1. The molecule has 192 valence electrons. The first-order valence-electron chi connectivity index (χ1n) is 12.5. The minimum Gasteiger partial charge on any atom is -0.444 e. The number of amides is 1. The maximum Gasteiger partial charge on any atom is 0.407 e. The highest BCUT2D eigenvalue weighted by atomic mass is 16.6. The summed E-state index contributed by atoms with van der Waals surface area (Å²) >= 11 is 0. The highest BCUT2D eigenvalue weighted by Gasteiger charge is 2.27. The number of aromatic nitrogens is 2. The van der Waals surface area contributed by atoms with E-state index in [2.05, 4.69) is 11.4 Å². The number of ether oxygens (including phenoxy) is 1. The van der Waals surface area contributed by atoms with Gasteiger partial charge in [0, 0.05) is 37.3 Å². The number of benzene rings is 2. The van der Waals surface area contributed by atoms with Gasteiger partial charge in [-0.2, -0.15) is 5.26 Å². The van der Waals surface area contributed by atoms with Crippen molar-refractivity contribution in [3.8, 4) is 28.6 Å². The molecule has 1 aliphatic heterocycles. The number of nitriles is 1. The summed E-state index contributed by atoms with van der Waals surface area (Å²) in [5.41, 5.74) is 4.08. The second kappa shape index (κ2) is 10.5. The number of carbonyl (C=O) groups is 1. The average Bonchev–Trinajstić information content (AvgIpc) is 2.86. The number of hydrogen-bond acceptors (Lipinski definition) is 6. The maximum atomic E-state index is 13.6. The molecule has 1 fully saturated rings. The fraction of sp³-hybridized carbons (Fsp3) is 0.379. The van der Waals surface area contributed by atoms with Crippen molar-refractivity contribution in [2.45, 2.75) is 52.2 Å². The van der Waals surface area contributed by atoms with Crippen LogP contribution in [0.2, 0.25) is 0 Å². The zero-order valence-electron chi connectivity index (χ0n) is 22.0. The lowest BCUT2D eigenvalue weighted by atomic mass is 10.0. The van der Waals surface area contributed by atoms with E-state index in [0.717, 1.165) is 22.4 Å². The van der Waals surface area contributed by atoms with Crippen LogP contribution in [0.1, 0.15) is 44.7 Å². The molecule has 8 heteroatoms. The predicted molar refractivity (Wildman–Crippen MR) is 144 cm³/mol. The van der Waals surface area contributed by atoms with Crippen LogP contribution in [0.3, 0.4) is 0 Å². The lowest BCUT2D eigenvalue weighted by Crippen LogP contribution is -2.47. The van der Waals surface area contributed by atoms with Gasteiger partial charge in [-0.1, -0.05) is 42.0 Å². The zero-order valence-corrected chi connectivity index (χ0v) is 22.0. The van der Waals surface area contributed by atoms with Crippen LogP contribution in [0.15, 0.2) is 53.3 Å². The number of alkyl carbamates (subject to hydrolysis) is 1. The van der Waals surface area contributed by atoms with Crippen LogP contribution >= 0.6 is 0 Å². The van der Waals surface area contributed by atoms with E-state index < -0.39 is 11.7 Å². The molecule has 1 aromatic heterocycles. The first-order chi connectivity index (χ1) is 17.6. The fourth-order valence-electron chi connectivity index (χ4n) is 4.48. The van der Waals surface area contributed by atoms with Crippen molar-refractivity contribution in [1.29, 1.82) is 5.26 Å². The van der Waals surface area contributed by atoms with E-state index >= 15 is 0 Å². The molecule has 3 aromatic rings. The van der Waals surface area contributed by atoms with Crippen molar-refractivity contribution in [1.82, 2.24) is 14.9 Å². The summed E-state index contributed by atoms with van der Waals surface area (Å²) in [4.78, 5) is 32.6. The molecule has 4 rings (SSSR count). The Morgan fingerprint density at radius 1 is 1.05 bits per heavy atom. The molecule has 1 amide bonds. The summed E-state index contributed by atoms with van der Waals surface area (Å²) in [5.74, 6) is 0.383. The Morgan fingerprint density at radius 2 is 1.65 bits per heavy atom. The van der Waals surface area contributed by atoms with Crippen molar-refractivity contribution >= 4 is 11.9 Å². The molecule has 0 bridgehead atoms. The zero-order chi connectivity index (χ0) is 26.7. The predicted octanol–water partition coefficient (Wildman–Crippen LogP) is 4.79. The highest BCUT2D eigenvalue weighted by Crippen LogP contribution is 2.31. The smallest absolute Gasteiger partial charge is 0.407 e. The molecule has 2 aromatic carbocycles. The molecule has 8 nitrogen and oxygen atoms in total. The maximum absolute atomic E-state index is 13.6. The molecular weight excluding hydrogens is 466 g/mol. The van der Waals surface area contributed by atoms with Crippen LogP contribution in [0.25, 0.3) is 22.5 Å². The fourth-order valence-corrected chi connectivity index (χ4v) is 4.48. The second-order valence-electron chi connectivity index (χ2n) is 10.5. The molecule has 0 unspecified atom stereocenters. The van der Waals surface area contributed by atoms with Crippen LogP contribution in [-0.4, -0.2) is 40.4 Å². The molecule has 1 N–H and O–H groups in total. The molecule has 0 aliphatic carbocycles. The largest absolute Gasteiger partial charge is 0.444 e. The van der Waals surface area contributed by atoms with Crippen LogP contribution < -0.4 is 15.8 Å². The van der Waals surface area contributed by atoms with Gasteiger partial charge < -0.3 is 19.5 Å². The lowest BCUT2D eigenvalue weighted by Gasteiger charge is -2.33. The summed E-state index contributed by atoms with van der Waals surface area (Å²) in [6, 6.07) is 17.4. The molecule has 1 saturated heterocycles. The minimum atomic E-state index is -0.554. The van der Waals surface area contributed by atoms with E-state index in [0.29, 0.717) is 43.0 Å². The van der Waals surface area contributed by atoms with E-state index in [4.69, 9.17) is 9.72 Å². The quantitative estimate of drug-likeness (QED) is 0.554. The third kappa shape index (κ3) is 6.00. The summed E-state index contributed by atoms with van der Waals surface area (Å²) in [6.07, 6.45) is 0.928. The summed E-state index contributed by atoms with van der Waals surface area (Å²) in [5, 5.41) is 12.2. The number of hydrogen-bond donors (Lipinski definition) is 1. The van der Waals surface area contributed by atoms with Gasteiger partial charge in [-0.25, -0.2) is 9.78 Å². The van der Waals surface area contributed by atoms with Gasteiger partial charge in [-0.3, -0.25) is 4.79 Å².